The van der Waals surface area contributed by atoms with Crippen LogP contribution >= 0.6 is 0 Å². The maximum Gasteiger partial charge on any atom is 0.0541 e. The third-order valence-electron chi connectivity index (χ3n) is 11.4. The minimum atomic E-state index is 1.10. The van der Waals surface area contributed by atoms with Crippen molar-refractivity contribution in [3.05, 3.63) is 218 Å². The normalized spacial score (nSPS) is 11.6. The van der Waals surface area contributed by atoms with Crippen LogP contribution in [0.3, 0.4) is 0 Å². The summed E-state index contributed by atoms with van der Waals surface area (Å²) in [4.78, 5) is 2.41. The third kappa shape index (κ3) is 5.26. The van der Waals surface area contributed by atoms with Crippen molar-refractivity contribution in [2.24, 2.45) is 0 Å². The van der Waals surface area contributed by atoms with Crippen molar-refractivity contribution in [2.45, 2.75) is 0 Å². The lowest BCUT2D eigenvalue weighted by Gasteiger charge is -2.28. The molecular weight excluding hydrogens is 677 g/mol. The summed E-state index contributed by atoms with van der Waals surface area (Å²) < 4.78 is 2.39. The van der Waals surface area contributed by atoms with E-state index in [-0.39, 0.29) is 0 Å². The van der Waals surface area contributed by atoms with E-state index in [9.17, 15) is 0 Å². The number of para-hydroxylation sites is 3. The Kier molecular flexibility index (Phi) is 7.53. The van der Waals surface area contributed by atoms with Gasteiger partial charge in [0.15, 0.2) is 0 Å². The van der Waals surface area contributed by atoms with Gasteiger partial charge >= 0.3 is 0 Å². The van der Waals surface area contributed by atoms with Crippen LogP contribution in [0.25, 0.3) is 82.1 Å². The number of hydrogen-bond acceptors (Lipinski definition) is 1. The molecule has 0 aliphatic rings. The van der Waals surface area contributed by atoms with Gasteiger partial charge in [0.2, 0.25) is 0 Å². The minimum absolute atomic E-state index is 1.10. The molecule has 262 valence electrons. The molecule has 0 spiro atoms. The average molecular weight is 713 g/mol. The Morgan fingerprint density at radius 3 is 1.64 bits per heavy atom. The lowest BCUT2D eigenvalue weighted by molar-refractivity contribution is 1.18. The van der Waals surface area contributed by atoms with Crippen LogP contribution < -0.4 is 4.90 Å². The van der Waals surface area contributed by atoms with Crippen LogP contribution in [0.2, 0.25) is 0 Å². The van der Waals surface area contributed by atoms with E-state index < -0.39 is 0 Å². The molecule has 56 heavy (non-hydrogen) atoms. The third-order valence-corrected chi connectivity index (χ3v) is 11.4. The molecule has 0 saturated carbocycles. The van der Waals surface area contributed by atoms with Gasteiger partial charge in [0, 0.05) is 33.4 Å². The average Bonchev–Trinajstić information content (AvgIpc) is 3.61. The summed E-state index contributed by atoms with van der Waals surface area (Å²) in [5.41, 5.74) is 11.6. The van der Waals surface area contributed by atoms with Gasteiger partial charge < -0.3 is 9.47 Å². The zero-order chi connectivity index (χ0) is 37.0. The van der Waals surface area contributed by atoms with Gasteiger partial charge in [0.05, 0.1) is 16.7 Å². The Morgan fingerprint density at radius 2 is 0.875 bits per heavy atom. The van der Waals surface area contributed by atoms with Crippen LogP contribution in [0.1, 0.15) is 0 Å². The first-order valence-corrected chi connectivity index (χ1v) is 19.3. The fourth-order valence-corrected chi connectivity index (χ4v) is 8.74. The lowest BCUT2D eigenvalue weighted by Crippen LogP contribution is -2.11. The monoisotopic (exact) mass is 712 g/mol. The fourth-order valence-electron chi connectivity index (χ4n) is 8.74. The largest absolute Gasteiger partial charge is 0.310 e. The van der Waals surface area contributed by atoms with Crippen molar-refractivity contribution in [2.75, 3.05) is 4.90 Å². The smallest absolute Gasteiger partial charge is 0.0541 e. The number of rotatable bonds is 6. The maximum atomic E-state index is 2.41. The summed E-state index contributed by atoms with van der Waals surface area (Å²) >= 11 is 0. The number of fused-ring (bicyclic) bond motifs is 8. The van der Waals surface area contributed by atoms with Crippen LogP contribution in [0.4, 0.5) is 17.1 Å². The van der Waals surface area contributed by atoms with Crippen molar-refractivity contribution in [3.8, 4) is 27.9 Å². The molecule has 0 fully saturated rings. The van der Waals surface area contributed by atoms with Gasteiger partial charge in [-0.3, -0.25) is 0 Å². The molecule has 11 aromatic rings. The molecule has 0 N–H and O–H groups in total. The van der Waals surface area contributed by atoms with Crippen molar-refractivity contribution >= 4 is 71.2 Å². The molecule has 1 heterocycles. The van der Waals surface area contributed by atoms with Gasteiger partial charge in [0.25, 0.3) is 0 Å². The number of nitrogens with zero attached hydrogens (tertiary/aromatic N) is 2. The van der Waals surface area contributed by atoms with Gasteiger partial charge in [-0.15, -0.1) is 0 Å². The van der Waals surface area contributed by atoms with Gasteiger partial charge in [-0.25, -0.2) is 0 Å². The lowest BCUT2D eigenvalue weighted by atomic mass is 9.96. The highest BCUT2D eigenvalue weighted by Crippen LogP contribution is 2.43. The first-order chi connectivity index (χ1) is 27.8. The molecule has 10 aromatic carbocycles. The molecule has 0 amide bonds. The summed E-state index contributed by atoms with van der Waals surface area (Å²) in [6.07, 6.45) is 0. The zero-order valence-electron chi connectivity index (χ0n) is 30.7. The predicted molar refractivity (Wildman–Crippen MR) is 239 cm³/mol. The van der Waals surface area contributed by atoms with E-state index in [1.165, 1.54) is 76.4 Å². The summed E-state index contributed by atoms with van der Waals surface area (Å²) in [6.45, 7) is 0. The predicted octanol–water partition coefficient (Wildman–Crippen LogP) is 15.0. The van der Waals surface area contributed by atoms with Gasteiger partial charge in [0.1, 0.15) is 0 Å². The van der Waals surface area contributed by atoms with Crippen LogP contribution in [0.15, 0.2) is 218 Å². The van der Waals surface area contributed by atoms with E-state index in [0.29, 0.717) is 0 Å². The maximum absolute atomic E-state index is 2.41. The number of benzene rings is 10. The van der Waals surface area contributed by atoms with E-state index >= 15 is 0 Å². The highest BCUT2D eigenvalue weighted by Gasteiger charge is 2.19. The molecule has 0 aliphatic heterocycles. The molecule has 0 radical (unpaired) electrons. The molecule has 11 rings (SSSR count). The SMILES string of the molecule is c1ccc(-c2ccccc2N(c2ccc(-c3cccc(-n4c5ccccc5c5ccccc54)c3)cc2)c2ccc3c(ccc4c5ccccc5ccc34)c2)cc1. The standard InChI is InChI=1S/C54H36N2/c1-2-13-38(14-3-1)47-19-6-9-22-52(47)55(44-31-34-46-41(36-44)28-33-48-45-18-5-4-15-39(45)27-32-49(46)48)42-29-25-37(26-30-42)40-16-12-17-43(35-40)56-53-23-10-7-20-50(53)51-21-8-11-24-54(51)56/h1-36H. The Hall–Kier alpha value is -7.42. The molecule has 0 atom stereocenters. The highest BCUT2D eigenvalue weighted by molar-refractivity contribution is 6.17. The van der Waals surface area contributed by atoms with Gasteiger partial charge in [-0.05, 0) is 104 Å². The minimum Gasteiger partial charge on any atom is -0.310 e. The van der Waals surface area contributed by atoms with Crippen LogP contribution in [-0.2, 0) is 0 Å². The second kappa shape index (κ2) is 13.2. The Labute approximate surface area is 325 Å². The van der Waals surface area contributed by atoms with E-state index in [0.717, 1.165) is 22.7 Å². The highest BCUT2D eigenvalue weighted by atomic mass is 15.1. The molecule has 2 nitrogen and oxygen atoms in total. The molecule has 0 bridgehead atoms. The second-order valence-corrected chi connectivity index (χ2v) is 14.5. The fraction of sp³-hybridized carbons (Fsp3) is 0. The Balaban J connectivity index is 1.04. The van der Waals surface area contributed by atoms with E-state index in [4.69, 9.17) is 0 Å². The van der Waals surface area contributed by atoms with Crippen molar-refractivity contribution in [1.29, 1.82) is 0 Å². The molecule has 0 saturated heterocycles. The number of hydrogen-bond donors (Lipinski definition) is 0. The molecule has 2 heteroatoms. The van der Waals surface area contributed by atoms with E-state index in [1.807, 2.05) is 0 Å². The molecule has 1 aromatic heterocycles. The van der Waals surface area contributed by atoms with E-state index in [1.54, 1.807) is 0 Å². The second-order valence-electron chi connectivity index (χ2n) is 14.5. The van der Waals surface area contributed by atoms with Crippen molar-refractivity contribution in [1.82, 2.24) is 4.57 Å². The first kappa shape index (κ1) is 32.0. The van der Waals surface area contributed by atoms with Gasteiger partial charge in [-0.2, -0.15) is 0 Å². The van der Waals surface area contributed by atoms with E-state index in [2.05, 4.69) is 228 Å². The Bertz CT molecular complexity index is 3190. The Morgan fingerprint density at radius 1 is 0.304 bits per heavy atom. The van der Waals surface area contributed by atoms with Crippen molar-refractivity contribution in [3.63, 3.8) is 0 Å². The first-order valence-electron chi connectivity index (χ1n) is 19.3. The number of aromatic nitrogens is 1. The van der Waals surface area contributed by atoms with Gasteiger partial charge in [-0.1, -0.05) is 164 Å². The molecular formula is C54H36N2. The number of anilines is 3. The summed E-state index contributed by atoms with van der Waals surface area (Å²) in [5.74, 6) is 0. The van der Waals surface area contributed by atoms with Crippen LogP contribution in [0, 0.1) is 0 Å². The quantitative estimate of drug-likeness (QED) is 0.156. The zero-order valence-corrected chi connectivity index (χ0v) is 30.7. The van der Waals surface area contributed by atoms with Crippen LogP contribution in [0.5, 0.6) is 0 Å². The van der Waals surface area contributed by atoms with Crippen LogP contribution in [-0.4, -0.2) is 4.57 Å². The van der Waals surface area contributed by atoms with Crippen molar-refractivity contribution < 1.29 is 0 Å². The summed E-state index contributed by atoms with van der Waals surface area (Å²) in [6, 6.07) is 79.5. The summed E-state index contributed by atoms with van der Waals surface area (Å²) in [7, 11) is 0. The summed E-state index contributed by atoms with van der Waals surface area (Å²) in [5, 5.41) is 10.1. The topological polar surface area (TPSA) is 8.17 Å². The molecule has 0 unspecified atom stereocenters. The molecule has 0 aliphatic carbocycles.